The van der Waals surface area contributed by atoms with E-state index in [0.29, 0.717) is 5.92 Å². The fourth-order valence-corrected chi connectivity index (χ4v) is 2.15. The third-order valence-electron chi connectivity index (χ3n) is 3.31. The van der Waals surface area contributed by atoms with Gasteiger partial charge in [-0.15, -0.1) is 0 Å². The molecule has 1 rings (SSSR count). The van der Waals surface area contributed by atoms with E-state index in [0.717, 1.165) is 32.1 Å². The molecule has 100 valence electrons. The first kappa shape index (κ1) is 14.7. The van der Waals surface area contributed by atoms with Crippen molar-refractivity contribution in [2.24, 2.45) is 11.8 Å². The Morgan fingerprint density at radius 3 is 2.33 bits per heavy atom. The topological polar surface area (TPSA) is 37.3 Å². The van der Waals surface area contributed by atoms with Gasteiger partial charge in [0.2, 0.25) is 0 Å². The summed E-state index contributed by atoms with van der Waals surface area (Å²) in [7, 11) is 0. The van der Waals surface area contributed by atoms with Crippen LogP contribution in [0, 0.1) is 11.8 Å². The Bertz CT molecular complexity index is 343. The van der Waals surface area contributed by atoms with Crippen molar-refractivity contribution >= 4 is 5.97 Å². The first-order valence-corrected chi connectivity index (χ1v) is 6.86. The van der Waals surface area contributed by atoms with E-state index in [9.17, 15) is 9.90 Å². The molecule has 1 aromatic carbocycles. The third kappa shape index (κ3) is 5.85. The molecule has 1 N–H and O–H groups in total. The zero-order valence-electron chi connectivity index (χ0n) is 11.4. The van der Waals surface area contributed by atoms with Crippen LogP contribution in [0.1, 0.15) is 45.1 Å². The summed E-state index contributed by atoms with van der Waals surface area (Å²) >= 11 is 0. The molecular weight excluding hydrogens is 224 g/mol. The SMILES string of the molecule is CC(C)CCCC(CCc1ccccc1)C(=O)O. The maximum atomic E-state index is 11.2. The third-order valence-corrected chi connectivity index (χ3v) is 3.31. The molecule has 1 aromatic rings. The number of hydrogen-bond acceptors (Lipinski definition) is 1. The Labute approximate surface area is 110 Å². The van der Waals surface area contributed by atoms with E-state index in [1.165, 1.54) is 5.56 Å². The normalized spacial score (nSPS) is 12.6. The monoisotopic (exact) mass is 248 g/mol. The van der Waals surface area contributed by atoms with E-state index in [1.54, 1.807) is 0 Å². The number of aryl methyl sites for hydroxylation is 1. The summed E-state index contributed by atoms with van der Waals surface area (Å²) in [6, 6.07) is 10.1. The van der Waals surface area contributed by atoms with Gasteiger partial charge in [0.25, 0.3) is 0 Å². The van der Waals surface area contributed by atoms with Crippen molar-refractivity contribution in [3.63, 3.8) is 0 Å². The smallest absolute Gasteiger partial charge is 0.306 e. The van der Waals surface area contributed by atoms with Crippen molar-refractivity contribution in [1.82, 2.24) is 0 Å². The van der Waals surface area contributed by atoms with Crippen LogP contribution in [-0.2, 0) is 11.2 Å². The van der Waals surface area contributed by atoms with Gasteiger partial charge in [-0.3, -0.25) is 4.79 Å². The van der Waals surface area contributed by atoms with Gasteiger partial charge in [0.05, 0.1) is 5.92 Å². The molecule has 0 radical (unpaired) electrons. The lowest BCUT2D eigenvalue weighted by Crippen LogP contribution is -2.15. The van der Waals surface area contributed by atoms with Gasteiger partial charge in [-0.2, -0.15) is 0 Å². The lowest BCUT2D eigenvalue weighted by atomic mass is 9.93. The Balaban J connectivity index is 2.36. The Hall–Kier alpha value is -1.31. The second-order valence-corrected chi connectivity index (χ2v) is 5.38. The molecule has 0 saturated carbocycles. The van der Waals surface area contributed by atoms with Gasteiger partial charge in [-0.05, 0) is 30.7 Å². The number of aliphatic carboxylic acids is 1. The van der Waals surface area contributed by atoms with Crippen LogP contribution in [0.15, 0.2) is 30.3 Å². The van der Waals surface area contributed by atoms with Gasteiger partial charge in [0.1, 0.15) is 0 Å². The minimum atomic E-state index is -0.644. The molecule has 0 bridgehead atoms. The average Bonchev–Trinajstić information content (AvgIpc) is 2.34. The van der Waals surface area contributed by atoms with Crippen molar-refractivity contribution in [3.8, 4) is 0 Å². The summed E-state index contributed by atoms with van der Waals surface area (Å²) in [6.07, 6.45) is 4.55. The molecule has 18 heavy (non-hydrogen) atoms. The molecule has 2 nitrogen and oxygen atoms in total. The van der Waals surface area contributed by atoms with Crippen molar-refractivity contribution in [1.29, 1.82) is 0 Å². The predicted octanol–water partition coefficient (Wildman–Crippen LogP) is 4.15. The van der Waals surface area contributed by atoms with E-state index in [4.69, 9.17) is 0 Å². The molecule has 0 heterocycles. The van der Waals surface area contributed by atoms with E-state index in [-0.39, 0.29) is 5.92 Å². The van der Waals surface area contributed by atoms with Crippen LogP contribution >= 0.6 is 0 Å². The summed E-state index contributed by atoms with van der Waals surface area (Å²) in [5, 5.41) is 9.22. The van der Waals surface area contributed by atoms with E-state index >= 15 is 0 Å². The number of carbonyl (C=O) groups is 1. The van der Waals surface area contributed by atoms with Gasteiger partial charge in [-0.25, -0.2) is 0 Å². The minimum Gasteiger partial charge on any atom is -0.481 e. The fourth-order valence-electron chi connectivity index (χ4n) is 2.15. The zero-order chi connectivity index (χ0) is 13.4. The van der Waals surface area contributed by atoms with Crippen LogP contribution < -0.4 is 0 Å². The maximum absolute atomic E-state index is 11.2. The number of rotatable bonds is 8. The highest BCUT2D eigenvalue weighted by Gasteiger charge is 2.16. The second kappa shape index (κ2) is 7.91. The van der Waals surface area contributed by atoms with E-state index in [2.05, 4.69) is 26.0 Å². The molecule has 1 unspecified atom stereocenters. The molecular formula is C16H24O2. The molecule has 0 aromatic heterocycles. The molecule has 0 aliphatic carbocycles. The largest absolute Gasteiger partial charge is 0.481 e. The fraction of sp³-hybridized carbons (Fsp3) is 0.562. The van der Waals surface area contributed by atoms with Crippen molar-refractivity contribution in [2.75, 3.05) is 0 Å². The number of carboxylic acid groups (broad SMARTS) is 1. The Kier molecular flexibility index (Phi) is 6.48. The van der Waals surface area contributed by atoms with Gasteiger partial charge in [-0.1, -0.05) is 57.0 Å². The molecule has 0 fully saturated rings. The summed E-state index contributed by atoms with van der Waals surface area (Å²) in [6.45, 7) is 4.36. The lowest BCUT2D eigenvalue weighted by molar-refractivity contribution is -0.142. The summed E-state index contributed by atoms with van der Waals surface area (Å²) in [5.74, 6) is -0.174. The summed E-state index contributed by atoms with van der Waals surface area (Å²) in [4.78, 5) is 11.2. The predicted molar refractivity (Wildman–Crippen MR) is 74.6 cm³/mol. The van der Waals surface area contributed by atoms with Crippen molar-refractivity contribution in [3.05, 3.63) is 35.9 Å². The second-order valence-electron chi connectivity index (χ2n) is 5.38. The molecule has 0 aliphatic heterocycles. The van der Waals surface area contributed by atoms with Crippen LogP contribution in [0.2, 0.25) is 0 Å². The van der Waals surface area contributed by atoms with Crippen molar-refractivity contribution in [2.45, 2.75) is 46.0 Å². The van der Waals surface area contributed by atoms with Crippen LogP contribution in [0.4, 0.5) is 0 Å². The standard InChI is InChI=1S/C16H24O2/c1-13(2)7-6-10-15(16(17)18)12-11-14-8-4-3-5-9-14/h3-5,8-9,13,15H,6-7,10-12H2,1-2H3,(H,17,18). The molecule has 0 amide bonds. The maximum Gasteiger partial charge on any atom is 0.306 e. The zero-order valence-corrected chi connectivity index (χ0v) is 11.4. The highest BCUT2D eigenvalue weighted by atomic mass is 16.4. The van der Waals surface area contributed by atoms with Gasteiger partial charge in [0, 0.05) is 0 Å². The molecule has 2 heteroatoms. The van der Waals surface area contributed by atoms with Gasteiger partial charge in [0.15, 0.2) is 0 Å². The average molecular weight is 248 g/mol. The first-order chi connectivity index (χ1) is 8.59. The van der Waals surface area contributed by atoms with Crippen LogP contribution in [0.3, 0.4) is 0 Å². The Morgan fingerprint density at radius 2 is 1.78 bits per heavy atom. The van der Waals surface area contributed by atoms with Gasteiger partial charge < -0.3 is 5.11 Å². The molecule has 0 aliphatic rings. The quantitative estimate of drug-likeness (QED) is 0.750. The number of hydrogen-bond donors (Lipinski definition) is 1. The van der Waals surface area contributed by atoms with E-state index in [1.807, 2.05) is 18.2 Å². The van der Waals surface area contributed by atoms with Crippen LogP contribution in [0.5, 0.6) is 0 Å². The number of carboxylic acids is 1. The summed E-state index contributed by atoms with van der Waals surface area (Å²) < 4.78 is 0. The minimum absolute atomic E-state index is 0.191. The molecule has 1 atom stereocenters. The summed E-state index contributed by atoms with van der Waals surface area (Å²) in [5.41, 5.74) is 1.23. The van der Waals surface area contributed by atoms with Crippen molar-refractivity contribution < 1.29 is 9.90 Å². The Morgan fingerprint density at radius 1 is 1.11 bits per heavy atom. The van der Waals surface area contributed by atoms with Crippen LogP contribution in [-0.4, -0.2) is 11.1 Å². The highest BCUT2D eigenvalue weighted by Crippen LogP contribution is 2.18. The first-order valence-electron chi connectivity index (χ1n) is 6.86. The molecule has 0 spiro atoms. The van der Waals surface area contributed by atoms with Gasteiger partial charge >= 0.3 is 5.97 Å². The lowest BCUT2D eigenvalue weighted by Gasteiger charge is -2.13. The number of benzene rings is 1. The molecule has 0 saturated heterocycles. The van der Waals surface area contributed by atoms with E-state index < -0.39 is 5.97 Å². The van der Waals surface area contributed by atoms with Crippen LogP contribution in [0.25, 0.3) is 0 Å². The highest BCUT2D eigenvalue weighted by molar-refractivity contribution is 5.69.